The van der Waals surface area contributed by atoms with Crippen LogP contribution in [-0.2, 0) is 14.3 Å². The Morgan fingerprint density at radius 2 is 2.27 bits per heavy atom. The van der Waals surface area contributed by atoms with E-state index in [0.29, 0.717) is 0 Å². The van der Waals surface area contributed by atoms with Gasteiger partial charge in [-0.25, -0.2) is 9.59 Å². The predicted octanol–water partition coefficient (Wildman–Crippen LogP) is 0.884. The minimum absolute atomic E-state index is 0.0747. The predicted molar refractivity (Wildman–Crippen MR) is 40.7 cm³/mol. The van der Waals surface area contributed by atoms with Gasteiger partial charge < -0.3 is 4.74 Å². The van der Waals surface area contributed by atoms with Crippen LogP contribution >= 0.6 is 0 Å². The molecule has 3 nitrogen and oxygen atoms in total. The fraction of sp³-hybridized carbons (Fsp3) is 0.375. The Labute approximate surface area is 65.4 Å². The lowest BCUT2D eigenvalue weighted by Gasteiger charge is -1.96. The van der Waals surface area contributed by atoms with Gasteiger partial charge in [0.25, 0.3) is 0 Å². The molecule has 0 aromatic carbocycles. The monoisotopic (exact) mass is 154 g/mol. The molecule has 11 heavy (non-hydrogen) atoms. The highest BCUT2D eigenvalue weighted by Gasteiger charge is 2.06. The lowest BCUT2D eigenvalue weighted by Crippen LogP contribution is -2.06. The Bertz CT molecular complexity index is 209. The van der Waals surface area contributed by atoms with E-state index in [-0.39, 0.29) is 12.2 Å². The van der Waals surface area contributed by atoms with Gasteiger partial charge in [0, 0.05) is 0 Å². The zero-order chi connectivity index (χ0) is 8.69. The van der Waals surface area contributed by atoms with Crippen molar-refractivity contribution >= 4 is 11.9 Å². The maximum Gasteiger partial charge on any atom is 0.349 e. The lowest BCUT2D eigenvalue weighted by atomic mass is 10.3. The van der Waals surface area contributed by atoms with Gasteiger partial charge in [0.1, 0.15) is 11.5 Å². The molecule has 0 aromatic rings. The second kappa shape index (κ2) is 5.45. The van der Waals surface area contributed by atoms with Crippen molar-refractivity contribution in [3.8, 4) is 0 Å². The number of hydrogen-bond donors (Lipinski definition) is 0. The van der Waals surface area contributed by atoms with Crippen LogP contribution in [0.3, 0.4) is 0 Å². The van der Waals surface area contributed by atoms with E-state index in [2.05, 4.69) is 4.74 Å². The molecule has 0 unspecified atom stereocenters. The average molecular weight is 154 g/mol. The van der Waals surface area contributed by atoms with Gasteiger partial charge in [0.15, 0.2) is 0 Å². The van der Waals surface area contributed by atoms with E-state index in [9.17, 15) is 9.59 Å². The van der Waals surface area contributed by atoms with Crippen LogP contribution in [0.2, 0.25) is 0 Å². The minimum atomic E-state index is -0.624. The van der Waals surface area contributed by atoms with E-state index in [1.807, 2.05) is 0 Å². The van der Waals surface area contributed by atoms with Crippen LogP contribution in [0.1, 0.15) is 13.8 Å². The summed E-state index contributed by atoms with van der Waals surface area (Å²) in [5.41, 5.74) is -0.0747. The third-order valence-electron chi connectivity index (χ3n) is 0.939. The van der Waals surface area contributed by atoms with Crippen LogP contribution in [0.25, 0.3) is 0 Å². The number of carbonyl (C=O) groups is 1. The quantitative estimate of drug-likeness (QED) is 0.262. The molecule has 0 radical (unpaired) electrons. The van der Waals surface area contributed by atoms with Crippen LogP contribution in [0.15, 0.2) is 17.7 Å². The van der Waals surface area contributed by atoms with Crippen LogP contribution in [-0.4, -0.2) is 18.5 Å². The fourth-order valence-corrected chi connectivity index (χ4v) is 0.519. The molecule has 0 aliphatic heterocycles. The van der Waals surface area contributed by atoms with Crippen LogP contribution in [0, 0.1) is 0 Å². The summed E-state index contributed by atoms with van der Waals surface area (Å²) in [6.45, 7) is 3.65. The zero-order valence-electron chi connectivity index (χ0n) is 6.59. The maximum atomic E-state index is 10.8. The number of ether oxygens (including phenoxy) is 1. The van der Waals surface area contributed by atoms with Gasteiger partial charge in [0.05, 0.1) is 6.61 Å². The molecule has 60 valence electrons. The van der Waals surface area contributed by atoms with Gasteiger partial charge in [-0.15, -0.1) is 0 Å². The first-order valence-electron chi connectivity index (χ1n) is 3.31. The minimum Gasteiger partial charge on any atom is -0.462 e. The van der Waals surface area contributed by atoms with Gasteiger partial charge >= 0.3 is 5.97 Å². The normalized spacial score (nSPS) is 9.27. The van der Waals surface area contributed by atoms with Crippen molar-refractivity contribution in [2.45, 2.75) is 13.8 Å². The Morgan fingerprint density at radius 1 is 1.64 bits per heavy atom. The summed E-state index contributed by atoms with van der Waals surface area (Å²) >= 11 is 0. The topological polar surface area (TPSA) is 43.4 Å². The van der Waals surface area contributed by atoms with Crippen molar-refractivity contribution < 1.29 is 14.3 Å². The smallest absolute Gasteiger partial charge is 0.349 e. The summed E-state index contributed by atoms with van der Waals surface area (Å²) in [7, 11) is 0. The highest BCUT2D eigenvalue weighted by molar-refractivity contribution is 5.99. The molecule has 0 aliphatic carbocycles. The number of rotatable bonds is 3. The third kappa shape index (κ3) is 3.38. The molecule has 0 spiro atoms. The fourth-order valence-electron chi connectivity index (χ4n) is 0.519. The highest BCUT2D eigenvalue weighted by atomic mass is 16.5. The molecule has 0 aliphatic rings. The average Bonchev–Trinajstić information content (AvgIpc) is 2.00. The molecule has 0 fully saturated rings. The van der Waals surface area contributed by atoms with Crippen molar-refractivity contribution in [2.24, 2.45) is 0 Å². The number of allylic oxidation sites excluding steroid dienone is 1. The van der Waals surface area contributed by atoms with E-state index in [1.165, 1.54) is 12.0 Å². The Morgan fingerprint density at radius 3 is 2.64 bits per heavy atom. The van der Waals surface area contributed by atoms with Crippen molar-refractivity contribution in [1.82, 2.24) is 0 Å². The highest BCUT2D eigenvalue weighted by Crippen LogP contribution is 1.94. The van der Waals surface area contributed by atoms with Gasteiger partial charge in [-0.2, -0.15) is 0 Å². The first-order valence-corrected chi connectivity index (χ1v) is 3.31. The molecule has 0 aromatic heterocycles. The second-order valence-electron chi connectivity index (χ2n) is 1.74. The molecule has 0 bridgehead atoms. The standard InChI is InChI=1S/C8H10O3/c1-3-5-7(6-9)8(10)11-4-2/h3,5H,4H2,1-2H3/b5-3+. The second-order valence-corrected chi connectivity index (χ2v) is 1.74. The Kier molecular flexibility index (Phi) is 4.78. The molecule has 0 N–H and O–H groups in total. The first-order chi connectivity index (χ1) is 5.26. The molecule has 0 amide bonds. The molecular weight excluding hydrogens is 144 g/mol. The van der Waals surface area contributed by atoms with Crippen molar-refractivity contribution in [3.63, 3.8) is 0 Å². The summed E-state index contributed by atoms with van der Waals surface area (Å²) in [5.74, 6) is 0.868. The third-order valence-corrected chi connectivity index (χ3v) is 0.939. The molecule has 0 saturated carbocycles. The van der Waals surface area contributed by atoms with E-state index >= 15 is 0 Å². The number of esters is 1. The number of hydrogen-bond acceptors (Lipinski definition) is 3. The molecule has 0 rings (SSSR count). The Hall–Kier alpha value is -1.34. The van der Waals surface area contributed by atoms with E-state index in [1.54, 1.807) is 19.9 Å². The van der Waals surface area contributed by atoms with E-state index in [0.717, 1.165) is 0 Å². The molecule has 0 saturated heterocycles. The summed E-state index contributed by atoms with van der Waals surface area (Å²) < 4.78 is 4.56. The van der Waals surface area contributed by atoms with Gasteiger partial charge in [0.2, 0.25) is 0 Å². The van der Waals surface area contributed by atoms with Crippen LogP contribution < -0.4 is 0 Å². The van der Waals surface area contributed by atoms with Crippen molar-refractivity contribution in [3.05, 3.63) is 17.7 Å². The molecule has 0 atom stereocenters. The van der Waals surface area contributed by atoms with E-state index in [4.69, 9.17) is 0 Å². The summed E-state index contributed by atoms with van der Waals surface area (Å²) in [6, 6.07) is 0. The lowest BCUT2D eigenvalue weighted by molar-refractivity contribution is -0.137. The van der Waals surface area contributed by atoms with Gasteiger partial charge in [-0.1, -0.05) is 6.08 Å². The Balaban J connectivity index is 4.29. The van der Waals surface area contributed by atoms with Crippen molar-refractivity contribution in [1.29, 1.82) is 0 Å². The summed E-state index contributed by atoms with van der Waals surface area (Å²) in [6.07, 6.45) is 2.95. The van der Waals surface area contributed by atoms with Crippen LogP contribution in [0.5, 0.6) is 0 Å². The van der Waals surface area contributed by atoms with Crippen molar-refractivity contribution in [2.75, 3.05) is 6.61 Å². The summed E-state index contributed by atoms with van der Waals surface area (Å²) in [5, 5.41) is 0. The maximum absolute atomic E-state index is 10.8. The van der Waals surface area contributed by atoms with E-state index < -0.39 is 5.97 Å². The van der Waals surface area contributed by atoms with Crippen LogP contribution in [0.4, 0.5) is 0 Å². The molecule has 0 heterocycles. The number of carbonyl (C=O) groups excluding carboxylic acids is 2. The van der Waals surface area contributed by atoms with Gasteiger partial charge in [-0.3, -0.25) is 0 Å². The van der Waals surface area contributed by atoms with Gasteiger partial charge in [-0.05, 0) is 19.9 Å². The largest absolute Gasteiger partial charge is 0.462 e. The zero-order valence-corrected chi connectivity index (χ0v) is 6.59. The SMILES string of the molecule is C/C=C/C(=C=O)C(=O)OCC. The first kappa shape index (κ1) is 9.66. The molecule has 3 heteroatoms. The summed E-state index contributed by atoms with van der Waals surface area (Å²) in [4.78, 5) is 20.9. The molecular formula is C8H10O3.